The zero-order valence-corrected chi connectivity index (χ0v) is 23.9. The first-order chi connectivity index (χ1) is 20.6. The number of nitriles is 1. The van der Waals surface area contributed by atoms with Gasteiger partial charge in [0.1, 0.15) is 18.1 Å². The van der Waals surface area contributed by atoms with Crippen molar-refractivity contribution >= 4 is 28.6 Å². The highest BCUT2D eigenvalue weighted by Crippen LogP contribution is 2.32. The standard InChI is InChI=1S/C30H26F3N7O2S/c1-19(2)24-5-3-4-6-26(24)39-15-16-43-29(39)37-28(41)36-25(17-34)20-7-9-21(10-8-20)27-35-18-40(38-27)22-11-13-23(14-12-22)42-30(31,32)33/h3-14,18-19,25H,15-16H2,1-2H3,(H,36,41). The second kappa shape index (κ2) is 12.6. The van der Waals surface area contributed by atoms with E-state index in [0.717, 1.165) is 18.0 Å². The molecule has 2 heterocycles. The Morgan fingerprint density at radius 3 is 2.49 bits per heavy atom. The van der Waals surface area contributed by atoms with Crippen molar-refractivity contribution in [1.82, 2.24) is 20.1 Å². The molecule has 1 fully saturated rings. The number of amidine groups is 1. The number of aromatic nitrogens is 3. The SMILES string of the molecule is CC(C)c1ccccc1N1CCSC1=NC(=O)NC(C#N)c1ccc(-c2ncn(-c3ccc(OC(F)(F)F)cc3)n2)cc1. The molecule has 0 saturated carbocycles. The molecule has 0 spiro atoms. The van der Waals surface area contributed by atoms with Gasteiger partial charge in [0.2, 0.25) is 0 Å². The minimum Gasteiger partial charge on any atom is -0.406 e. The summed E-state index contributed by atoms with van der Waals surface area (Å²) in [6.07, 6.45) is -3.34. The first-order valence-electron chi connectivity index (χ1n) is 13.3. The van der Waals surface area contributed by atoms with Gasteiger partial charge in [-0.05, 0) is 47.4 Å². The molecule has 5 rings (SSSR count). The van der Waals surface area contributed by atoms with Gasteiger partial charge in [-0.2, -0.15) is 10.3 Å². The molecule has 1 aliphatic heterocycles. The van der Waals surface area contributed by atoms with Crippen LogP contribution in [0.5, 0.6) is 5.75 Å². The molecule has 0 radical (unpaired) electrons. The lowest BCUT2D eigenvalue weighted by Gasteiger charge is -2.23. The van der Waals surface area contributed by atoms with Crippen LogP contribution in [0.4, 0.5) is 23.7 Å². The maximum Gasteiger partial charge on any atom is 0.573 e. The van der Waals surface area contributed by atoms with E-state index in [4.69, 9.17) is 0 Å². The van der Waals surface area contributed by atoms with Crippen LogP contribution >= 0.6 is 11.8 Å². The lowest BCUT2D eigenvalue weighted by molar-refractivity contribution is -0.274. The highest BCUT2D eigenvalue weighted by molar-refractivity contribution is 8.14. The second-order valence-electron chi connectivity index (χ2n) is 9.80. The summed E-state index contributed by atoms with van der Waals surface area (Å²) >= 11 is 1.49. The van der Waals surface area contributed by atoms with Crippen molar-refractivity contribution in [3.05, 3.63) is 90.3 Å². The van der Waals surface area contributed by atoms with Gasteiger partial charge in [-0.25, -0.2) is 14.5 Å². The maximum atomic E-state index is 12.9. The first kappa shape index (κ1) is 29.7. The molecule has 0 bridgehead atoms. The van der Waals surface area contributed by atoms with Gasteiger partial charge in [0, 0.05) is 23.5 Å². The Hall–Kier alpha value is -4.83. The van der Waals surface area contributed by atoms with E-state index in [-0.39, 0.29) is 5.75 Å². The number of anilines is 1. The van der Waals surface area contributed by atoms with E-state index in [9.17, 15) is 23.2 Å². The zero-order valence-electron chi connectivity index (χ0n) is 23.1. The molecule has 4 aromatic rings. The number of para-hydroxylation sites is 1. The van der Waals surface area contributed by atoms with Gasteiger partial charge in [0.15, 0.2) is 11.0 Å². The zero-order chi connectivity index (χ0) is 30.6. The topological polar surface area (TPSA) is 108 Å². The molecule has 1 aliphatic rings. The fraction of sp³-hybridized carbons (Fsp3) is 0.233. The maximum absolute atomic E-state index is 12.9. The van der Waals surface area contributed by atoms with Crippen LogP contribution < -0.4 is 15.0 Å². The largest absolute Gasteiger partial charge is 0.573 e. The van der Waals surface area contributed by atoms with Crippen LogP contribution in [-0.4, -0.2) is 44.6 Å². The van der Waals surface area contributed by atoms with E-state index < -0.39 is 18.4 Å². The summed E-state index contributed by atoms with van der Waals surface area (Å²) in [4.78, 5) is 23.5. The Balaban J connectivity index is 1.26. The fourth-order valence-corrected chi connectivity index (χ4v) is 5.47. The number of thioether (sulfide) groups is 1. The highest BCUT2D eigenvalue weighted by atomic mass is 32.2. The number of nitrogens with one attached hydrogen (secondary N) is 1. The minimum atomic E-state index is -4.77. The predicted molar refractivity (Wildman–Crippen MR) is 158 cm³/mol. The number of aliphatic imine (C=N–C) groups is 1. The van der Waals surface area contributed by atoms with Crippen molar-refractivity contribution in [1.29, 1.82) is 5.26 Å². The molecule has 1 atom stereocenters. The van der Waals surface area contributed by atoms with Crippen molar-refractivity contribution in [2.45, 2.75) is 32.2 Å². The van der Waals surface area contributed by atoms with Crippen LogP contribution in [0.2, 0.25) is 0 Å². The summed E-state index contributed by atoms with van der Waals surface area (Å²) < 4.78 is 42.5. The second-order valence-corrected chi connectivity index (χ2v) is 10.9. The number of ether oxygens (including phenoxy) is 1. The Bertz CT molecular complexity index is 1660. The molecule has 2 amide bonds. The number of amides is 2. The minimum absolute atomic E-state index is 0.306. The van der Waals surface area contributed by atoms with E-state index in [2.05, 4.69) is 51.1 Å². The van der Waals surface area contributed by atoms with Crippen molar-refractivity contribution in [3.8, 4) is 28.9 Å². The molecular formula is C30H26F3N7O2S. The van der Waals surface area contributed by atoms with Gasteiger partial charge in [-0.1, -0.05) is 68.1 Å². The first-order valence-corrected chi connectivity index (χ1v) is 14.3. The van der Waals surface area contributed by atoms with Crippen LogP contribution in [0.3, 0.4) is 0 Å². The lowest BCUT2D eigenvalue weighted by Crippen LogP contribution is -2.30. The monoisotopic (exact) mass is 605 g/mol. The summed E-state index contributed by atoms with van der Waals surface area (Å²) in [5, 5.41) is 17.4. The quantitative estimate of drug-likeness (QED) is 0.246. The number of carbonyl (C=O) groups excluding carboxylic acids is 1. The average Bonchev–Trinajstić information content (AvgIpc) is 3.66. The van der Waals surface area contributed by atoms with Crippen LogP contribution in [0.15, 0.2) is 84.1 Å². The number of benzene rings is 3. The van der Waals surface area contributed by atoms with Crippen molar-refractivity contribution in [2.75, 3.05) is 17.2 Å². The van der Waals surface area contributed by atoms with Crippen molar-refractivity contribution < 1.29 is 22.7 Å². The Labute approximate surface area is 250 Å². The number of hydrogen-bond acceptors (Lipinski definition) is 6. The van der Waals surface area contributed by atoms with Crippen LogP contribution in [0.1, 0.15) is 36.9 Å². The molecule has 1 N–H and O–H groups in total. The van der Waals surface area contributed by atoms with E-state index in [1.807, 2.05) is 23.1 Å². The lowest BCUT2D eigenvalue weighted by atomic mass is 10.0. The van der Waals surface area contributed by atoms with Gasteiger partial charge in [0.25, 0.3) is 0 Å². The normalized spacial score (nSPS) is 15.0. The molecule has 1 unspecified atom stereocenters. The molecule has 43 heavy (non-hydrogen) atoms. The summed E-state index contributed by atoms with van der Waals surface area (Å²) in [5.41, 5.74) is 3.88. The molecule has 3 aromatic carbocycles. The van der Waals surface area contributed by atoms with E-state index in [1.165, 1.54) is 52.6 Å². The Morgan fingerprint density at radius 2 is 1.81 bits per heavy atom. The molecule has 9 nitrogen and oxygen atoms in total. The molecule has 1 saturated heterocycles. The molecule has 13 heteroatoms. The van der Waals surface area contributed by atoms with Crippen LogP contribution in [0.25, 0.3) is 17.1 Å². The highest BCUT2D eigenvalue weighted by Gasteiger charge is 2.31. The third-order valence-electron chi connectivity index (χ3n) is 6.55. The van der Waals surface area contributed by atoms with E-state index in [1.54, 1.807) is 24.3 Å². The predicted octanol–water partition coefficient (Wildman–Crippen LogP) is 6.84. The van der Waals surface area contributed by atoms with Gasteiger partial charge in [-0.15, -0.1) is 18.3 Å². The Kier molecular flexibility index (Phi) is 8.68. The van der Waals surface area contributed by atoms with Gasteiger partial charge >= 0.3 is 12.4 Å². The average molecular weight is 606 g/mol. The molecule has 0 aliphatic carbocycles. The smallest absolute Gasteiger partial charge is 0.406 e. The fourth-order valence-electron chi connectivity index (χ4n) is 4.52. The van der Waals surface area contributed by atoms with Gasteiger partial charge < -0.3 is 15.0 Å². The van der Waals surface area contributed by atoms with Gasteiger partial charge in [0.05, 0.1) is 11.8 Å². The van der Waals surface area contributed by atoms with Gasteiger partial charge in [-0.3, -0.25) is 0 Å². The van der Waals surface area contributed by atoms with E-state index >= 15 is 0 Å². The summed E-state index contributed by atoms with van der Waals surface area (Å²) in [6.45, 7) is 4.97. The molecular weight excluding hydrogens is 579 g/mol. The summed E-state index contributed by atoms with van der Waals surface area (Å²) in [7, 11) is 0. The van der Waals surface area contributed by atoms with E-state index in [0.29, 0.717) is 33.7 Å². The van der Waals surface area contributed by atoms with Crippen LogP contribution in [-0.2, 0) is 0 Å². The number of rotatable bonds is 7. The number of halogens is 3. The summed E-state index contributed by atoms with van der Waals surface area (Å²) in [5.74, 6) is 1.13. The van der Waals surface area contributed by atoms with Crippen LogP contribution in [0, 0.1) is 11.3 Å². The Morgan fingerprint density at radius 1 is 1.09 bits per heavy atom. The summed E-state index contributed by atoms with van der Waals surface area (Å²) in [6, 6.07) is 20.7. The number of hydrogen-bond donors (Lipinski definition) is 1. The molecule has 220 valence electrons. The number of urea groups is 1. The van der Waals surface area contributed by atoms with Crippen molar-refractivity contribution in [3.63, 3.8) is 0 Å². The number of carbonyl (C=O) groups is 1. The van der Waals surface area contributed by atoms with Crippen molar-refractivity contribution in [2.24, 2.45) is 4.99 Å². The third-order valence-corrected chi connectivity index (χ3v) is 7.51. The number of nitrogens with zero attached hydrogens (tertiary/aromatic N) is 6. The number of alkyl halides is 3. The third kappa shape index (κ3) is 7.15. The molecule has 1 aromatic heterocycles.